The molecule has 1 aliphatic carbocycles. The zero-order valence-corrected chi connectivity index (χ0v) is 14.8. The van der Waals surface area contributed by atoms with E-state index in [1.807, 2.05) is 0 Å². The molecule has 4 fully saturated rings. The third-order valence-corrected chi connectivity index (χ3v) is 6.96. The van der Waals surface area contributed by atoms with Crippen molar-refractivity contribution in [3.63, 3.8) is 0 Å². The second kappa shape index (κ2) is 6.72. The van der Waals surface area contributed by atoms with Gasteiger partial charge in [-0.25, -0.2) is 0 Å². The minimum Gasteiger partial charge on any atom is -0.342 e. The fourth-order valence-corrected chi connectivity index (χ4v) is 5.02. The summed E-state index contributed by atoms with van der Waals surface area (Å²) in [4.78, 5) is 19.9. The van der Waals surface area contributed by atoms with Crippen molar-refractivity contribution in [2.75, 3.05) is 32.7 Å². The van der Waals surface area contributed by atoms with E-state index in [0.29, 0.717) is 11.8 Å². The molecule has 0 bridgehead atoms. The van der Waals surface area contributed by atoms with E-state index in [1.165, 1.54) is 58.2 Å². The zero-order chi connectivity index (χ0) is 15.8. The average Bonchev–Trinajstić information content (AvgIpc) is 2.46. The number of amides is 1. The number of carbonyl (C=O) groups excluding carboxylic acids is 1. The van der Waals surface area contributed by atoms with Crippen molar-refractivity contribution in [3.8, 4) is 0 Å². The summed E-state index contributed by atoms with van der Waals surface area (Å²) in [7, 11) is 0. The van der Waals surface area contributed by atoms with E-state index in [9.17, 15) is 4.79 Å². The lowest BCUT2D eigenvalue weighted by Crippen LogP contribution is -2.65. The molecule has 4 nitrogen and oxygen atoms in total. The molecule has 3 aliphatic heterocycles. The van der Waals surface area contributed by atoms with Crippen LogP contribution in [0.2, 0.25) is 0 Å². The van der Waals surface area contributed by atoms with Gasteiger partial charge in [0.05, 0.1) is 0 Å². The molecule has 1 unspecified atom stereocenters. The summed E-state index contributed by atoms with van der Waals surface area (Å²) in [5.74, 6) is 0.832. The SMILES string of the molecule is CC1CCCCN1C1CN(C2CCN(C(=O)C3CCC3)CC2)C1. The minimum absolute atomic E-state index is 0.375. The van der Waals surface area contributed by atoms with Crippen molar-refractivity contribution in [3.05, 3.63) is 0 Å². The molecular weight excluding hydrogens is 286 g/mol. The minimum atomic E-state index is 0.375. The van der Waals surface area contributed by atoms with Gasteiger partial charge in [0.2, 0.25) is 5.91 Å². The monoisotopic (exact) mass is 319 g/mol. The van der Waals surface area contributed by atoms with Gasteiger partial charge in [0.15, 0.2) is 0 Å². The summed E-state index contributed by atoms with van der Waals surface area (Å²) >= 11 is 0. The Labute approximate surface area is 141 Å². The van der Waals surface area contributed by atoms with Gasteiger partial charge in [0.25, 0.3) is 0 Å². The van der Waals surface area contributed by atoms with Crippen molar-refractivity contribution >= 4 is 5.91 Å². The lowest BCUT2D eigenvalue weighted by molar-refractivity contribution is -0.140. The van der Waals surface area contributed by atoms with Gasteiger partial charge in [-0.15, -0.1) is 0 Å². The first-order valence-corrected chi connectivity index (χ1v) is 10.0. The molecule has 0 spiro atoms. The number of piperidine rings is 2. The third-order valence-electron chi connectivity index (χ3n) is 6.96. The summed E-state index contributed by atoms with van der Waals surface area (Å²) in [6.45, 7) is 8.26. The lowest BCUT2D eigenvalue weighted by atomic mass is 9.83. The molecule has 4 rings (SSSR count). The van der Waals surface area contributed by atoms with E-state index in [2.05, 4.69) is 21.6 Å². The normalized spacial score (nSPS) is 32.6. The Hall–Kier alpha value is -0.610. The van der Waals surface area contributed by atoms with Crippen molar-refractivity contribution in [1.29, 1.82) is 0 Å². The van der Waals surface area contributed by atoms with E-state index >= 15 is 0 Å². The Morgan fingerprint density at radius 2 is 1.57 bits per heavy atom. The summed E-state index contributed by atoms with van der Waals surface area (Å²) in [5.41, 5.74) is 0. The van der Waals surface area contributed by atoms with Gasteiger partial charge < -0.3 is 4.90 Å². The first-order valence-electron chi connectivity index (χ1n) is 10.0. The Morgan fingerprint density at radius 3 is 2.17 bits per heavy atom. The quantitative estimate of drug-likeness (QED) is 0.799. The molecule has 3 heterocycles. The molecule has 4 heteroatoms. The maximum Gasteiger partial charge on any atom is 0.225 e. The van der Waals surface area contributed by atoms with Gasteiger partial charge in [-0.05, 0) is 52.0 Å². The number of likely N-dealkylation sites (tertiary alicyclic amines) is 3. The molecule has 0 N–H and O–H groups in total. The molecule has 0 aromatic rings. The van der Waals surface area contributed by atoms with Gasteiger partial charge in [0, 0.05) is 50.2 Å². The first kappa shape index (κ1) is 15.9. The second-order valence-corrected chi connectivity index (χ2v) is 8.37. The molecule has 1 amide bonds. The van der Waals surface area contributed by atoms with Crippen LogP contribution in [0.5, 0.6) is 0 Å². The highest BCUT2D eigenvalue weighted by atomic mass is 16.2. The van der Waals surface area contributed by atoms with E-state index < -0.39 is 0 Å². The van der Waals surface area contributed by atoms with Gasteiger partial charge in [-0.3, -0.25) is 14.6 Å². The van der Waals surface area contributed by atoms with Gasteiger partial charge >= 0.3 is 0 Å². The molecule has 4 aliphatic rings. The molecule has 0 aromatic carbocycles. The van der Waals surface area contributed by atoms with Crippen LogP contribution in [-0.2, 0) is 4.79 Å². The predicted octanol–water partition coefficient (Wildman–Crippen LogP) is 2.34. The van der Waals surface area contributed by atoms with Crippen molar-refractivity contribution in [1.82, 2.24) is 14.7 Å². The molecule has 0 radical (unpaired) electrons. The van der Waals surface area contributed by atoms with Gasteiger partial charge in [0.1, 0.15) is 0 Å². The fraction of sp³-hybridized carbons (Fsp3) is 0.947. The van der Waals surface area contributed by atoms with Crippen LogP contribution in [0.1, 0.15) is 58.3 Å². The Kier molecular flexibility index (Phi) is 4.64. The van der Waals surface area contributed by atoms with E-state index in [0.717, 1.165) is 44.1 Å². The number of rotatable bonds is 3. The van der Waals surface area contributed by atoms with Crippen LogP contribution in [-0.4, -0.2) is 71.5 Å². The van der Waals surface area contributed by atoms with Crippen molar-refractivity contribution < 1.29 is 4.79 Å². The largest absolute Gasteiger partial charge is 0.342 e. The second-order valence-electron chi connectivity index (χ2n) is 8.37. The molecule has 1 atom stereocenters. The van der Waals surface area contributed by atoms with Crippen LogP contribution in [0.15, 0.2) is 0 Å². The van der Waals surface area contributed by atoms with Crippen LogP contribution in [0.25, 0.3) is 0 Å². The predicted molar refractivity (Wildman–Crippen MR) is 92.3 cm³/mol. The molecule has 23 heavy (non-hydrogen) atoms. The molecule has 130 valence electrons. The van der Waals surface area contributed by atoms with E-state index in [4.69, 9.17) is 0 Å². The Morgan fingerprint density at radius 1 is 0.826 bits per heavy atom. The molecule has 1 saturated carbocycles. The van der Waals surface area contributed by atoms with E-state index in [-0.39, 0.29) is 0 Å². The summed E-state index contributed by atoms with van der Waals surface area (Å²) in [6, 6.07) is 2.33. The van der Waals surface area contributed by atoms with Crippen LogP contribution in [0.3, 0.4) is 0 Å². The summed E-state index contributed by atoms with van der Waals surface area (Å²) < 4.78 is 0. The number of hydrogen-bond donors (Lipinski definition) is 0. The highest BCUT2D eigenvalue weighted by Crippen LogP contribution is 2.31. The first-order chi connectivity index (χ1) is 11.2. The summed E-state index contributed by atoms with van der Waals surface area (Å²) in [5, 5.41) is 0. The molecule has 3 saturated heterocycles. The number of nitrogens with zero attached hydrogens (tertiary/aromatic N) is 3. The van der Waals surface area contributed by atoms with Crippen LogP contribution in [0.4, 0.5) is 0 Å². The van der Waals surface area contributed by atoms with Gasteiger partial charge in [-0.1, -0.05) is 12.8 Å². The van der Waals surface area contributed by atoms with Crippen molar-refractivity contribution in [2.24, 2.45) is 5.92 Å². The molecular formula is C19H33N3O. The van der Waals surface area contributed by atoms with Crippen LogP contribution in [0, 0.1) is 5.92 Å². The maximum atomic E-state index is 12.3. The standard InChI is InChI=1S/C19H33N3O/c1-15-5-2-3-10-22(15)18-13-21(14-18)17-8-11-20(12-9-17)19(23)16-6-4-7-16/h15-18H,2-14H2,1H3. The average molecular weight is 319 g/mol. The topological polar surface area (TPSA) is 26.8 Å². The fourth-order valence-electron chi connectivity index (χ4n) is 5.02. The zero-order valence-electron chi connectivity index (χ0n) is 14.8. The third kappa shape index (κ3) is 3.17. The lowest BCUT2D eigenvalue weighted by Gasteiger charge is -2.53. The highest BCUT2D eigenvalue weighted by Gasteiger charge is 2.40. The number of carbonyl (C=O) groups is 1. The van der Waals surface area contributed by atoms with Crippen LogP contribution < -0.4 is 0 Å². The Bertz CT molecular complexity index is 422. The molecule has 0 aromatic heterocycles. The van der Waals surface area contributed by atoms with Crippen molar-refractivity contribution in [2.45, 2.75) is 76.4 Å². The van der Waals surface area contributed by atoms with Crippen LogP contribution >= 0.6 is 0 Å². The number of hydrogen-bond acceptors (Lipinski definition) is 3. The van der Waals surface area contributed by atoms with Gasteiger partial charge in [-0.2, -0.15) is 0 Å². The smallest absolute Gasteiger partial charge is 0.225 e. The Balaban J connectivity index is 1.21. The summed E-state index contributed by atoms with van der Waals surface area (Å²) in [6.07, 6.45) is 10.1. The highest BCUT2D eigenvalue weighted by molar-refractivity contribution is 5.79. The van der Waals surface area contributed by atoms with E-state index in [1.54, 1.807) is 0 Å². The maximum absolute atomic E-state index is 12.3.